The summed E-state index contributed by atoms with van der Waals surface area (Å²) in [4.78, 5) is 26.2. The normalized spacial score (nSPS) is 11.0. The van der Waals surface area contributed by atoms with E-state index in [1.54, 1.807) is 0 Å². The van der Waals surface area contributed by atoms with Crippen molar-refractivity contribution in [2.45, 2.75) is 27.3 Å². The number of likely N-dealkylation sites (N-methyl/N-ethyl adjacent to an activating group) is 1. The van der Waals surface area contributed by atoms with Crippen molar-refractivity contribution in [3.05, 3.63) is 83.4 Å². The number of esters is 1. The van der Waals surface area contributed by atoms with Crippen LogP contribution in [0.4, 0.5) is 0 Å². The van der Waals surface area contributed by atoms with Crippen LogP contribution in [-0.2, 0) is 11.3 Å². The largest absolute Gasteiger partial charge is 0.422 e. The first-order chi connectivity index (χ1) is 15.4. The summed E-state index contributed by atoms with van der Waals surface area (Å²) in [5.74, 6) is 5.77. The predicted octanol–water partition coefficient (Wildman–Crippen LogP) is 3.84. The Balaban J connectivity index is 1.93. The number of para-hydroxylation sites is 3. The van der Waals surface area contributed by atoms with Crippen molar-refractivity contribution in [1.82, 2.24) is 5.01 Å². The summed E-state index contributed by atoms with van der Waals surface area (Å²) < 4.78 is 7.81. The predicted molar refractivity (Wildman–Crippen MR) is 124 cm³/mol. The zero-order valence-electron chi connectivity index (χ0n) is 18.5. The number of nitrogens with two attached hydrogens (primary N) is 1. The summed E-state index contributed by atoms with van der Waals surface area (Å²) in [5, 5.41) is 2.63. The summed E-state index contributed by atoms with van der Waals surface area (Å²) in [6.45, 7) is 6.14. The zero-order valence-corrected chi connectivity index (χ0v) is 18.5. The number of hydrazine groups is 1. The Morgan fingerprint density at radius 3 is 1.94 bits per heavy atom. The highest BCUT2D eigenvalue weighted by molar-refractivity contribution is 6.13. The summed E-state index contributed by atoms with van der Waals surface area (Å²) >= 11 is 0. The molecular formula is C26H26N3O3+. The third kappa shape index (κ3) is 3.81. The maximum Gasteiger partial charge on any atom is 0.345 e. The number of benzene rings is 3. The number of rotatable bonds is 5. The van der Waals surface area contributed by atoms with Crippen LogP contribution in [0.1, 0.15) is 28.4 Å². The molecule has 0 saturated carbocycles. The van der Waals surface area contributed by atoms with E-state index in [0.29, 0.717) is 17.9 Å². The fraction of sp³-hybridized carbons (Fsp3) is 0.192. The standard InChI is InChI=1S/C26H25N3O3/c1-4-29(27)23(30)16-28-21-14-7-5-12-19(21)24(20-13-6-8-15-22(20)28)26(31)32-25-17(2)10-9-11-18(25)3/h5-15,27H,4,16H2,1-3H3/p+1. The summed E-state index contributed by atoms with van der Waals surface area (Å²) in [6, 6.07) is 20.9. The molecule has 162 valence electrons. The van der Waals surface area contributed by atoms with Gasteiger partial charge in [-0.25, -0.2) is 10.6 Å². The minimum atomic E-state index is -0.428. The van der Waals surface area contributed by atoms with Crippen LogP contribution in [0.25, 0.3) is 21.8 Å². The monoisotopic (exact) mass is 428 g/mol. The minimum Gasteiger partial charge on any atom is -0.422 e. The second-order valence-electron chi connectivity index (χ2n) is 7.79. The average Bonchev–Trinajstić information content (AvgIpc) is 2.80. The Kier molecular flexibility index (Phi) is 5.88. The lowest BCUT2D eigenvalue weighted by Gasteiger charge is -2.15. The quantitative estimate of drug-likeness (QED) is 0.0997. The number of aromatic nitrogens is 1. The second kappa shape index (κ2) is 8.77. The molecule has 0 unspecified atom stereocenters. The molecule has 32 heavy (non-hydrogen) atoms. The van der Waals surface area contributed by atoms with Gasteiger partial charge in [-0.15, -0.1) is 0 Å². The van der Waals surface area contributed by atoms with Crippen molar-refractivity contribution in [3.63, 3.8) is 0 Å². The van der Waals surface area contributed by atoms with Crippen molar-refractivity contribution in [2.75, 3.05) is 6.54 Å². The Labute approximate surface area is 186 Å². The lowest BCUT2D eigenvalue weighted by Crippen LogP contribution is -2.48. The fourth-order valence-electron chi connectivity index (χ4n) is 4.01. The van der Waals surface area contributed by atoms with E-state index in [2.05, 4.69) is 0 Å². The number of aryl methyl sites for hydroxylation is 2. The Morgan fingerprint density at radius 1 is 0.875 bits per heavy atom. The first-order valence-corrected chi connectivity index (χ1v) is 10.6. The van der Waals surface area contributed by atoms with E-state index in [1.807, 2.05) is 92.1 Å². The van der Waals surface area contributed by atoms with Gasteiger partial charge < -0.3 is 4.74 Å². The molecule has 0 aliphatic rings. The van der Waals surface area contributed by atoms with Crippen LogP contribution >= 0.6 is 0 Å². The first-order valence-electron chi connectivity index (χ1n) is 10.6. The highest BCUT2D eigenvalue weighted by Crippen LogP contribution is 2.29. The molecule has 0 fully saturated rings. The van der Waals surface area contributed by atoms with Gasteiger partial charge in [-0.05, 0) is 44.0 Å². The van der Waals surface area contributed by atoms with Crippen molar-refractivity contribution in [1.29, 1.82) is 0 Å². The molecule has 4 aromatic rings. The summed E-state index contributed by atoms with van der Waals surface area (Å²) in [5.41, 5.74) is 3.79. The Morgan fingerprint density at radius 2 is 1.41 bits per heavy atom. The van der Waals surface area contributed by atoms with Crippen LogP contribution in [0.3, 0.4) is 0 Å². The van der Waals surface area contributed by atoms with Gasteiger partial charge in [-0.2, -0.15) is 4.57 Å². The Hall–Kier alpha value is -3.77. The van der Waals surface area contributed by atoms with Gasteiger partial charge in [0.2, 0.25) is 17.6 Å². The molecule has 0 aliphatic heterocycles. The number of hydrogen-bond donors (Lipinski definition) is 1. The highest BCUT2D eigenvalue weighted by atomic mass is 16.5. The third-order valence-corrected chi connectivity index (χ3v) is 5.69. The molecule has 6 nitrogen and oxygen atoms in total. The van der Waals surface area contributed by atoms with Gasteiger partial charge in [0.05, 0.1) is 16.3 Å². The van der Waals surface area contributed by atoms with E-state index >= 15 is 0 Å². The van der Waals surface area contributed by atoms with Gasteiger partial charge in [-0.1, -0.05) is 42.5 Å². The number of carbonyl (C=O) groups excluding carboxylic acids is 2. The van der Waals surface area contributed by atoms with E-state index in [9.17, 15) is 9.59 Å². The molecule has 1 aromatic heterocycles. The van der Waals surface area contributed by atoms with Gasteiger partial charge in [0.15, 0.2) is 0 Å². The number of ether oxygens (including phenoxy) is 1. The van der Waals surface area contributed by atoms with Crippen molar-refractivity contribution < 1.29 is 18.9 Å². The van der Waals surface area contributed by atoms with E-state index in [1.165, 1.54) is 5.01 Å². The van der Waals surface area contributed by atoms with Crippen LogP contribution in [-0.4, -0.2) is 23.4 Å². The van der Waals surface area contributed by atoms with Crippen LogP contribution < -0.4 is 15.1 Å². The molecule has 6 heteroatoms. The minimum absolute atomic E-state index is 0.0671. The van der Waals surface area contributed by atoms with Crippen LogP contribution in [0, 0.1) is 13.8 Å². The molecule has 0 atom stereocenters. The Bertz CT molecular complexity index is 1270. The summed E-state index contributed by atoms with van der Waals surface area (Å²) in [7, 11) is 0. The molecule has 0 saturated heterocycles. The average molecular weight is 429 g/mol. The molecule has 1 amide bonds. The van der Waals surface area contributed by atoms with E-state index < -0.39 is 5.97 Å². The van der Waals surface area contributed by atoms with Crippen LogP contribution in [0.15, 0.2) is 66.7 Å². The van der Waals surface area contributed by atoms with Crippen LogP contribution in [0.5, 0.6) is 5.75 Å². The maximum atomic E-state index is 13.5. The van der Waals surface area contributed by atoms with Crippen molar-refractivity contribution in [2.24, 2.45) is 5.84 Å². The van der Waals surface area contributed by atoms with Gasteiger partial charge in [-0.3, -0.25) is 9.80 Å². The number of hydrogen-bond acceptors (Lipinski definition) is 4. The van der Waals surface area contributed by atoms with Crippen molar-refractivity contribution >= 4 is 33.7 Å². The molecule has 0 spiro atoms. The number of pyridine rings is 1. The van der Waals surface area contributed by atoms with E-state index in [4.69, 9.17) is 10.6 Å². The SMILES string of the molecule is CCN(N)C(=O)C[n+]1c2ccccc2c(C(=O)Oc2c(C)cccc2C)c2ccccc21. The highest BCUT2D eigenvalue weighted by Gasteiger charge is 2.27. The lowest BCUT2D eigenvalue weighted by molar-refractivity contribution is -0.632. The second-order valence-corrected chi connectivity index (χ2v) is 7.79. The molecule has 0 bridgehead atoms. The summed E-state index contributed by atoms with van der Waals surface area (Å²) in [6.07, 6.45) is 0. The number of fused-ring (bicyclic) bond motifs is 2. The van der Waals surface area contributed by atoms with Crippen LogP contribution in [0.2, 0.25) is 0 Å². The molecule has 2 N–H and O–H groups in total. The van der Waals surface area contributed by atoms with Gasteiger partial charge in [0, 0.05) is 18.7 Å². The number of nitrogens with zero attached hydrogens (tertiary/aromatic N) is 2. The van der Waals surface area contributed by atoms with E-state index in [-0.39, 0.29) is 12.5 Å². The molecule has 0 radical (unpaired) electrons. The zero-order chi connectivity index (χ0) is 22.8. The molecule has 0 aliphatic carbocycles. The third-order valence-electron chi connectivity index (χ3n) is 5.69. The lowest BCUT2D eigenvalue weighted by atomic mass is 10.0. The van der Waals surface area contributed by atoms with E-state index in [0.717, 1.165) is 32.9 Å². The van der Waals surface area contributed by atoms with Gasteiger partial charge >= 0.3 is 11.9 Å². The maximum absolute atomic E-state index is 13.5. The number of carbonyl (C=O) groups is 2. The van der Waals surface area contributed by atoms with Gasteiger partial charge in [0.1, 0.15) is 5.75 Å². The molecular weight excluding hydrogens is 402 g/mol. The smallest absolute Gasteiger partial charge is 0.345 e. The van der Waals surface area contributed by atoms with Gasteiger partial charge in [0.25, 0.3) is 0 Å². The first kappa shape index (κ1) is 21.5. The fourth-order valence-corrected chi connectivity index (χ4v) is 4.01. The molecule has 4 rings (SSSR count). The molecule has 1 heterocycles. The molecule has 3 aromatic carbocycles. The van der Waals surface area contributed by atoms with Crippen molar-refractivity contribution in [3.8, 4) is 5.75 Å². The number of amides is 1. The topological polar surface area (TPSA) is 76.5 Å².